The molecule has 85 heavy (non-hydrogen) atoms. The van der Waals surface area contributed by atoms with Crippen molar-refractivity contribution in [2.75, 3.05) is 0 Å². The van der Waals surface area contributed by atoms with Gasteiger partial charge in [0.25, 0.3) is 0 Å². The Bertz CT molecular complexity index is 5010. The van der Waals surface area contributed by atoms with Crippen molar-refractivity contribution in [3.8, 4) is 56.5 Å². The van der Waals surface area contributed by atoms with Crippen LogP contribution in [-0.4, -0.2) is 28.2 Å². The standard InChI is InChI=1S/C79H62N6/c1-45-21-29-66-55(37-45)56-38-46(2)22-30-67(56)82(66)76-74(64-19-13-15-53(9)80-64)77(83-68-31-23-47(3)39-57(68)58-40-48(4)24-32-69(58)83)79(85-72-35-27-51(7)43-61(72)62-44-52(8)28-36-73(62)85)75(65-20-14-18-63(81-65)54-16-11-10-12-17-54)78(76)84-70-33-25-49(5)41-59(70)60-42-50(6)26-34-71(60)84/h10-44H,1-9H3. The Labute approximate surface area is 494 Å². The van der Waals surface area contributed by atoms with Crippen LogP contribution in [0, 0.1) is 62.3 Å². The predicted molar refractivity (Wildman–Crippen MR) is 358 cm³/mol. The summed E-state index contributed by atoms with van der Waals surface area (Å²) in [6, 6.07) is 79.9. The zero-order chi connectivity index (χ0) is 57.7. The lowest BCUT2D eigenvalue weighted by molar-refractivity contribution is 1.04. The van der Waals surface area contributed by atoms with Crippen LogP contribution < -0.4 is 0 Å². The van der Waals surface area contributed by atoms with E-state index in [-0.39, 0.29) is 0 Å². The molecule has 0 spiro atoms. The third-order valence-electron chi connectivity index (χ3n) is 17.8. The van der Waals surface area contributed by atoms with Crippen molar-refractivity contribution in [2.45, 2.75) is 62.3 Å². The van der Waals surface area contributed by atoms with E-state index in [1.165, 1.54) is 87.6 Å². The van der Waals surface area contributed by atoms with E-state index in [1.807, 2.05) is 0 Å². The molecule has 6 aromatic heterocycles. The van der Waals surface area contributed by atoms with E-state index in [0.29, 0.717) is 0 Å². The fraction of sp³-hybridized carbons (Fsp3) is 0.114. The first-order chi connectivity index (χ1) is 41.3. The third-order valence-corrected chi connectivity index (χ3v) is 17.8. The van der Waals surface area contributed by atoms with Crippen LogP contribution in [0.2, 0.25) is 0 Å². The van der Waals surface area contributed by atoms with Crippen LogP contribution in [0.15, 0.2) is 212 Å². The number of hydrogen-bond donors (Lipinski definition) is 0. The number of nitrogens with zero attached hydrogens (tertiary/aromatic N) is 6. The van der Waals surface area contributed by atoms with Crippen molar-refractivity contribution in [3.63, 3.8) is 0 Å². The molecule has 0 aliphatic rings. The summed E-state index contributed by atoms with van der Waals surface area (Å²) in [6.45, 7) is 19.8. The molecule has 10 aromatic carbocycles. The number of benzene rings is 10. The van der Waals surface area contributed by atoms with Crippen LogP contribution in [0.1, 0.15) is 50.2 Å². The Morgan fingerprint density at radius 2 is 0.471 bits per heavy atom. The average Bonchev–Trinajstić information content (AvgIpc) is 1.70. The quantitative estimate of drug-likeness (QED) is 0.160. The van der Waals surface area contributed by atoms with Gasteiger partial charge < -0.3 is 18.3 Å². The molecule has 0 N–H and O–H groups in total. The van der Waals surface area contributed by atoms with Crippen molar-refractivity contribution in [1.82, 2.24) is 28.2 Å². The van der Waals surface area contributed by atoms with Crippen molar-refractivity contribution < 1.29 is 0 Å². The maximum atomic E-state index is 6.03. The van der Waals surface area contributed by atoms with Crippen LogP contribution in [-0.2, 0) is 0 Å². The Kier molecular flexibility index (Phi) is 11.2. The first-order valence-electron chi connectivity index (χ1n) is 29.6. The minimum absolute atomic E-state index is 0.834. The van der Waals surface area contributed by atoms with Crippen LogP contribution in [0.4, 0.5) is 0 Å². The molecule has 0 saturated heterocycles. The second kappa shape index (κ2) is 18.9. The molecule has 6 heteroatoms. The lowest BCUT2D eigenvalue weighted by atomic mass is 9.93. The van der Waals surface area contributed by atoms with Crippen LogP contribution in [0.25, 0.3) is 144 Å². The maximum absolute atomic E-state index is 6.03. The topological polar surface area (TPSA) is 45.5 Å². The van der Waals surface area contributed by atoms with Gasteiger partial charge >= 0.3 is 0 Å². The number of aryl methyl sites for hydroxylation is 9. The van der Waals surface area contributed by atoms with E-state index in [0.717, 1.165) is 106 Å². The Hall–Kier alpha value is -10.3. The number of rotatable bonds is 7. The van der Waals surface area contributed by atoms with Gasteiger partial charge in [-0.25, -0.2) is 4.98 Å². The van der Waals surface area contributed by atoms with Gasteiger partial charge in [0, 0.05) is 54.3 Å². The van der Waals surface area contributed by atoms with Gasteiger partial charge in [-0.2, -0.15) is 0 Å². The molecule has 0 amide bonds. The minimum atomic E-state index is 0.834. The third kappa shape index (κ3) is 7.71. The summed E-state index contributed by atoms with van der Waals surface area (Å²) in [5.74, 6) is 0. The summed E-state index contributed by atoms with van der Waals surface area (Å²) < 4.78 is 10.4. The first-order valence-corrected chi connectivity index (χ1v) is 29.6. The number of fused-ring (bicyclic) bond motifs is 12. The SMILES string of the molecule is Cc1ccc2c(c1)c1cc(C)ccc1n2-c1c(-c2cccc(C)n2)c(-n2c3ccc(C)cc3c3cc(C)ccc32)c(-n2c3ccc(C)cc3c3cc(C)ccc32)c(-c2cccc(-c3ccccc3)n2)c1-n1c2ccc(C)cc2c2cc(C)ccc21. The maximum Gasteiger partial charge on any atom is 0.0827 e. The van der Waals surface area contributed by atoms with E-state index in [9.17, 15) is 0 Å². The smallest absolute Gasteiger partial charge is 0.0827 e. The molecule has 0 saturated carbocycles. The lowest BCUT2D eigenvalue weighted by Crippen LogP contribution is -2.16. The molecule has 0 aliphatic heterocycles. The highest BCUT2D eigenvalue weighted by atomic mass is 15.1. The molecule has 0 fully saturated rings. The van der Waals surface area contributed by atoms with Gasteiger partial charge in [0.2, 0.25) is 0 Å². The van der Waals surface area contributed by atoms with Gasteiger partial charge in [0.1, 0.15) is 0 Å². The number of hydrogen-bond acceptors (Lipinski definition) is 2. The second-order valence-corrected chi connectivity index (χ2v) is 24.1. The van der Waals surface area contributed by atoms with Crippen molar-refractivity contribution in [2.24, 2.45) is 0 Å². The molecule has 408 valence electrons. The summed E-state index contributed by atoms with van der Waals surface area (Å²) in [4.78, 5) is 11.8. The number of aromatic nitrogens is 6. The first kappa shape index (κ1) is 50.4. The van der Waals surface area contributed by atoms with Gasteiger partial charge in [0.05, 0.1) is 95.1 Å². The fourth-order valence-corrected chi connectivity index (χ4v) is 14.0. The van der Waals surface area contributed by atoms with Gasteiger partial charge in [-0.3, -0.25) is 4.98 Å². The zero-order valence-electron chi connectivity index (χ0n) is 49.4. The molecule has 6 nitrogen and oxygen atoms in total. The zero-order valence-corrected chi connectivity index (χ0v) is 49.4. The normalized spacial score (nSPS) is 12.1. The van der Waals surface area contributed by atoms with E-state index in [1.54, 1.807) is 0 Å². The second-order valence-electron chi connectivity index (χ2n) is 24.1. The molecule has 16 rings (SSSR count). The average molecular weight is 1100 g/mol. The Morgan fingerprint density at radius 3 is 0.741 bits per heavy atom. The van der Waals surface area contributed by atoms with Gasteiger partial charge in [-0.15, -0.1) is 0 Å². The van der Waals surface area contributed by atoms with Gasteiger partial charge in [-0.1, -0.05) is 136 Å². The summed E-state index contributed by atoms with van der Waals surface area (Å²) in [7, 11) is 0. The largest absolute Gasteiger partial charge is 0.306 e. The monoisotopic (exact) mass is 1090 g/mol. The van der Waals surface area contributed by atoms with E-state index in [2.05, 4.69) is 293 Å². The van der Waals surface area contributed by atoms with Crippen LogP contribution in [0.3, 0.4) is 0 Å². The predicted octanol–water partition coefficient (Wildman–Crippen LogP) is 20.6. The molecule has 0 aliphatic carbocycles. The molecule has 0 atom stereocenters. The minimum Gasteiger partial charge on any atom is -0.306 e. The fourth-order valence-electron chi connectivity index (χ4n) is 14.0. The van der Waals surface area contributed by atoms with Gasteiger partial charge in [-0.05, 0) is 184 Å². The van der Waals surface area contributed by atoms with Crippen molar-refractivity contribution in [1.29, 1.82) is 0 Å². The molecular weight excluding hydrogens is 1030 g/mol. The van der Waals surface area contributed by atoms with Crippen molar-refractivity contribution >= 4 is 87.2 Å². The van der Waals surface area contributed by atoms with Crippen LogP contribution >= 0.6 is 0 Å². The molecule has 0 unspecified atom stereocenters. The highest BCUT2D eigenvalue weighted by Crippen LogP contribution is 2.54. The Balaban J connectivity index is 1.31. The van der Waals surface area contributed by atoms with Crippen molar-refractivity contribution in [3.05, 3.63) is 263 Å². The van der Waals surface area contributed by atoms with E-state index < -0.39 is 0 Å². The summed E-state index contributed by atoms with van der Waals surface area (Å²) >= 11 is 0. The summed E-state index contributed by atoms with van der Waals surface area (Å²) in [5.41, 5.74) is 28.9. The molecular formula is C79H62N6. The lowest BCUT2D eigenvalue weighted by Gasteiger charge is -2.31. The summed E-state index contributed by atoms with van der Waals surface area (Å²) in [6.07, 6.45) is 0. The van der Waals surface area contributed by atoms with E-state index in [4.69, 9.17) is 9.97 Å². The summed E-state index contributed by atoms with van der Waals surface area (Å²) in [5, 5.41) is 9.50. The molecule has 0 bridgehead atoms. The number of pyridine rings is 2. The van der Waals surface area contributed by atoms with Crippen LogP contribution in [0.5, 0.6) is 0 Å². The Morgan fingerprint density at radius 1 is 0.224 bits per heavy atom. The highest BCUT2D eigenvalue weighted by Gasteiger charge is 2.36. The van der Waals surface area contributed by atoms with Gasteiger partial charge in [0.15, 0.2) is 0 Å². The highest BCUT2D eigenvalue weighted by molar-refractivity contribution is 6.19. The van der Waals surface area contributed by atoms with E-state index >= 15 is 0 Å². The molecule has 6 heterocycles. The molecule has 16 aromatic rings. The molecule has 0 radical (unpaired) electrons.